The second-order valence-corrected chi connectivity index (χ2v) is 7.10. The van der Waals surface area contributed by atoms with Crippen LogP contribution in [0.5, 0.6) is 0 Å². The molecule has 0 fully saturated rings. The number of hydrogen-bond donors (Lipinski definition) is 2. The third kappa shape index (κ3) is 19.3. The molecule has 3 heteroatoms. The van der Waals surface area contributed by atoms with Gasteiger partial charge in [-0.2, -0.15) is 0 Å². The Morgan fingerprint density at radius 2 is 1.00 bits per heavy atom. The highest BCUT2D eigenvalue weighted by Gasteiger charge is 1.94. The van der Waals surface area contributed by atoms with Crippen molar-refractivity contribution in [1.82, 2.24) is 5.32 Å². The van der Waals surface area contributed by atoms with E-state index in [1.807, 2.05) is 6.92 Å². The summed E-state index contributed by atoms with van der Waals surface area (Å²) in [5.74, 6) is 0.596. The Morgan fingerprint density at radius 3 is 1.38 bits per heavy atom. The second kappa shape index (κ2) is 20.3. The molecule has 0 aromatic rings. The van der Waals surface area contributed by atoms with Crippen LogP contribution in [0.1, 0.15) is 117 Å². The zero-order chi connectivity index (χ0) is 17.7. The Bertz CT molecular complexity index is 264. The number of nitrogens with zero attached hydrogens (tertiary/aromatic N) is 1. The van der Waals surface area contributed by atoms with Crippen molar-refractivity contribution in [3.8, 4) is 0 Å². The molecular weight excluding hydrogens is 294 g/mol. The molecule has 3 N–H and O–H groups in total. The maximum atomic E-state index is 5.69. The normalized spacial score (nSPS) is 11.8. The third-order valence-electron chi connectivity index (χ3n) is 4.65. The van der Waals surface area contributed by atoms with E-state index in [0.717, 1.165) is 13.1 Å². The molecule has 0 saturated heterocycles. The van der Waals surface area contributed by atoms with Crippen LogP contribution >= 0.6 is 0 Å². The molecule has 0 aliphatic carbocycles. The van der Waals surface area contributed by atoms with Gasteiger partial charge in [0.25, 0.3) is 0 Å². The van der Waals surface area contributed by atoms with E-state index in [4.69, 9.17) is 5.73 Å². The van der Waals surface area contributed by atoms with Crippen LogP contribution in [0.25, 0.3) is 0 Å². The minimum absolute atomic E-state index is 0.596. The minimum atomic E-state index is 0.596. The van der Waals surface area contributed by atoms with Gasteiger partial charge >= 0.3 is 0 Å². The van der Waals surface area contributed by atoms with Crippen molar-refractivity contribution in [2.45, 2.75) is 117 Å². The number of guanidine groups is 1. The largest absolute Gasteiger partial charge is 0.370 e. The van der Waals surface area contributed by atoms with Crippen LogP contribution in [0.4, 0.5) is 0 Å². The van der Waals surface area contributed by atoms with Crippen LogP contribution in [0, 0.1) is 0 Å². The first kappa shape index (κ1) is 23.3. The van der Waals surface area contributed by atoms with E-state index in [0.29, 0.717) is 5.96 Å². The predicted octanol–water partition coefficient (Wildman–Crippen LogP) is 6.17. The average molecular weight is 340 g/mol. The van der Waals surface area contributed by atoms with E-state index < -0.39 is 0 Å². The zero-order valence-corrected chi connectivity index (χ0v) is 16.8. The summed E-state index contributed by atoms with van der Waals surface area (Å²) in [6, 6.07) is 0. The number of nitrogens with two attached hydrogens (primary N) is 1. The summed E-state index contributed by atoms with van der Waals surface area (Å²) in [6.07, 6.45) is 22.5. The minimum Gasteiger partial charge on any atom is -0.370 e. The Labute approximate surface area is 152 Å². The molecular formula is C21H45N3. The van der Waals surface area contributed by atoms with Gasteiger partial charge < -0.3 is 11.1 Å². The molecule has 3 nitrogen and oxygen atoms in total. The molecule has 0 spiro atoms. The van der Waals surface area contributed by atoms with Gasteiger partial charge in [0.1, 0.15) is 0 Å². The lowest BCUT2D eigenvalue weighted by molar-refractivity contribution is 0.530. The lowest BCUT2D eigenvalue weighted by Crippen LogP contribution is -2.31. The summed E-state index contributed by atoms with van der Waals surface area (Å²) >= 11 is 0. The van der Waals surface area contributed by atoms with Crippen LogP contribution in [-0.2, 0) is 0 Å². The van der Waals surface area contributed by atoms with E-state index >= 15 is 0 Å². The highest BCUT2D eigenvalue weighted by atomic mass is 15.1. The van der Waals surface area contributed by atoms with Crippen LogP contribution < -0.4 is 11.1 Å². The Morgan fingerprint density at radius 1 is 0.625 bits per heavy atom. The van der Waals surface area contributed by atoms with Crippen LogP contribution in [0.15, 0.2) is 4.99 Å². The van der Waals surface area contributed by atoms with Crippen LogP contribution in [0.2, 0.25) is 0 Å². The van der Waals surface area contributed by atoms with E-state index in [2.05, 4.69) is 17.2 Å². The third-order valence-corrected chi connectivity index (χ3v) is 4.65. The van der Waals surface area contributed by atoms with E-state index in [1.54, 1.807) is 0 Å². The summed E-state index contributed by atoms with van der Waals surface area (Å²) in [5, 5.41) is 3.03. The van der Waals surface area contributed by atoms with Gasteiger partial charge in [0, 0.05) is 13.1 Å². The van der Waals surface area contributed by atoms with Gasteiger partial charge in [-0.15, -0.1) is 0 Å². The van der Waals surface area contributed by atoms with Crippen molar-refractivity contribution in [2.75, 3.05) is 13.1 Å². The fourth-order valence-corrected chi connectivity index (χ4v) is 3.10. The molecule has 0 aliphatic heterocycles. The van der Waals surface area contributed by atoms with Gasteiger partial charge in [-0.3, -0.25) is 4.99 Å². The smallest absolute Gasteiger partial charge is 0.188 e. The SMILES string of the molecule is CCCCCCCCCCCCCCCCCCN=C(N)NCC. The fourth-order valence-electron chi connectivity index (χ4n) is 3.10. The van der Waals surface area contributed by atoms with Crippen LogP contribution in [0.3, 0.4) is 0 Å². The van der Waals surface area contributed by atoms with E-state index in [9.17, 15) is 0 Å². The van der Waals surface area contributed by atoms with Crippen LogP contribution in [-0.4, -0.2) is 19.0 Å². The fraction of sp³-hybridized carbons (Fsp3) is 0.952. The molecule has 0 radical (unpaired) electrons. The first-order chi connectivity index (χ1) is 11.8. The van der Waals surface area contributed by atoms with Crippen molar-refractivity contribution in [2.24, 2.45) is 10.7 Å². The first-order valence-corrected chi connectivity index (χ1v) is 10.8. The summed E-state index contributed by atoms with van der Waals surface area (Å²) in [7, 11) is 0. The van der Waals surface area contributed by atoms with Gasteiger partial charge in [-0.05, 0) is 13.3 Å². The molecule has 0 aromatic carbocycles. The number of unbranched alkanes of at least 4 members (excludes halogenated alkanes) is 15. The molecule has 0 amide bonds. The second-order valence-electron chi connectivity index (χ2n) is 7.10. The maximum absolute atomic E-state index is 5.69. The summed E-state index contributed by atoms with van der Waals surface area (Å²) in [4.78, 5) is 4.30. The molecule has 0 saturated carbocycles. The first-order valence-electron chi connectivity index (χ1n) is 10.8. The highest BCUT2D eigenvalue weighted by Crippen LogP contribution is 2.13. The molecule has 0 atom stereocenters. The van der Waals surface area contributed by atoms with Gasteiger partial charge in [0.2, 0.25) is 0 Å². The molecule has 0 bridgehead atoms. The number of aliphatic imine (C=N–C) groups is 1. The van der Waals surface area contributed by atoms with E-state index in [-0.39, 0.29) is 0 Å². The Hall–Kier alpha value is -0.730. The summed E-state index contributed by atoms with van der Waals surface area (Å²) in [6.45, 7) is 6.06. The van der Waals surface area contributed by atoms with Gasteiger partial charge in [-0.1, -0.05) is 103 Å². The monoisotopic (exact) mass is 339 g/mol. The number of hydrogen-bond acceptors (Lipinski definition) is 1. The highest BCUT2D eigenvalue weighted by molar-refractivity contribution is 5.77. The van der Waals surface area contributed by atoms with Gasteiger partial charge in [0.05, 0.1) is 0 Å². The number of rotatable bonds is 18. The summed E-state index contributed by atoms with van der Waals surface area (Å²) in [5.41, 5.74) is 5.69. The maximum Gasteiger partial charge on any atom is 0.188 e. The molecule has 0 rings (SSSR count). The molecule has 144 valence electrons. The Kier molecular flexibility index (Phi) is 19.7. The topological polar surface area (TPSA) is 50.4 Å². The zero-order valence-electron chi connectivity index (χ0n) is 16.8. The van der Waals surface area contributed by atoms with Crippen molar-refractivity contribution in [1.29, 1.82) is 0 Å². The molecule has 0 aliphatic rings. The molecule has 0 aromatic heterocycles. The lowest BCUT2D eigenvalue weighted by atomic mass is 10.0. The molecule has 0 heterocycles. The van der Waals surface area contributed by atoms with Crippen molar-refractivity contribution >= 4 is 5.96 Å². The quantitative estimate of drug-likeness (QED) is 0.178. The molecule has 0 unspecified atom stereocenters. The lowest BCUT2D eigenvalue weighted by Gasteiger charge is -2.04. The van der Waals surface area contributed by atoms with Gasteiger partial charge in [-0.25, -0.2) is 0 Å². The molecule has 24 heavy (non-hydrogen) atoms. The van der Waals surface area contributed by atoms with E-state index in [1.165, 1.54) is 103 Å². The van der Waals surface area contributed by atoms with Crippen molar-refractivity contribution < 1.29 is 0 Å². The van der Waals surface area contributed by atoms with Crippen molar-refractivity contribution in [3.63, 3.8) is 0 Å². The summed E-state index contributed by atoms with van der Waals surface area (Å²) < 4.78 is 0. The Balaban J connectivity index is 3.06. The van der Waals surface area contributed by atoms with Crippen molar-refractivity contribution in [3.05, 3.63) is 0 Å². The van der Waals surface area contributed by atoms with Gasteiger partial charge in [0.15, 0.2) is 5.96 Å². The standard InChI is InChI=1S/C21H45N3/c1-3-5-6-7-8-9-10-11-12-13-14-15-16-17-18-19-20-24-21(22)23-4-2/h3-20H2,1-2H3,(H3,22,23,24). The number of nitrogens with one attached hydrogen (secondary N) is 1. The average Bonchev–Trinajstić information content (AvgIpc) is 2.58. The predicted molar refractivity (Wildman–Crippen MR) is 110 cm³/mol.